The van der Waals surface area contributed by atoms with Gasteiger partial charge in [-0.2, -0.15) is 0 Å². The Balaban J connectivity index is 1.52. The normalized spacial score (nSPS) is 19.2. The van der Waals surface area contributed by atoms with E-state index in [1.54, 1.807) is 14.0 Å². The molecule has 7 nitrogen and oxygen atoms in total. The molecule has 1 saturated heterocycles. The fourth-order valence-corrected chi connectivity index (χ4v) is 4.60. The molecule has 2 N–H and O–H groups in total. The lowest BCUT2D eigenvalue weighted by Gasteiger charge is -2.51. The summed E-state index contributed by atoms with van der Waals surface area (Å²) in [6.07, 6.45) is 0.807. The first-order valence-electron chi connectivity index (χ1n) is 11.4. The summed E-state index contributed by atoms with van der Waals surface area (Å²) in [5.41, 5.74) is 1.43. The number of urea groups is 1. The number of carbonyl (C=O) groups is 3. The number of aryl methyl sites for hydroxylation is 1. The molecule has 0 spiro atoms. The van der Waals surface area contributed by atoms with Crippen molar-refractivity contribution in [3.63, 3.8) is 0 Å². The van der Waals surface area contributed by atoms with Crippen LogP contribution in [0.25, 0.3) is 0 Å². The summed E-state index contributed by atoms with van der Waals surface area (Å²) in [4.78, 5) is 39.5. The predicted octanol–water partition coefficient (Wildman–Crippen LogP) is 4.43. The Bertz CT molecular complexity index is 1160. The average molecular weight is 473 g/mol. The third kappa shape index (κ3) is 4.75. The summed E-state index contributed by atoms with van der Waals surface area (Å²) >= 11 is 0. The van der Waals surface area contributed by atoms with Crippen LogP contribution >= 0.6 is 0 Å². The third-order valence-corrected chi connectivity index (χ3v) is 6.65. The smallest absolute Gasteiger partial charge is 0.328 e. The van der Waals surface area contributed by atoms with Crippen LogP contribution in [-0.4, -0.2) is 41.1 Å². The van der Waals surface area contributed by atoms with Crippen LogP contribution in [0.2, 0.25) is 0 Å². The number of carboxylic acids is 1. The van der Waals surface area contributed by atoms with Crippen LogP contribution in [0.5, 0.6) is 5.75 Å². The van der Waals surface area contributed by atoms with Crippen molar-refractivity contribution in [2.45, 2.75) is 31.8 Å². The van der Waals surface area contributed by atoms with Crippen molar-refractivity contribution in [3.8, 4) is 5.75 Å². The van der Waals surface area contributed by atoms with Crippen LogP contribution < -0.4 is 10.1 Å². The van der Waals surface area contributed by atoms with E-state index in [1.165, 1.54) is 0 Å². The first kappa shape index (κ1) is 24.0. The maximum atomic E-state index is 13.3. The second-order valence-corrected chi connectivity index (χ2v) is 8.89. The van der Waals surface area contributed by atoms with Crippen LogP contribution in [0.15, 0.2) is 84.9 Å². The van der Waals surface area contributed by atoms with Gasteiger partial charge in [-0.05, 0) is 48.6 Å². The molecular formula is C28H28N2O5. The Morgan fingerprint density at radius 2 is 1.51 bits per heavy atom. The molecule has 3 aromatic rings. The molecule has 0 aliphatic carbocycles. The summed E-state index contributed by atoms with van der Waals surface area (Å²) in [5.74, 6) is -0.971. The molecule has 3 aromatic carbocycles. The second kappa shape index (κ2) is 10.0. The van der Waals surface area contributed by atoms with Crippen molar-refractivity contribution in [1.82, 2.24) is 10.2 Å². The van der Waals surface area contributed by atoms with Crippen LogP contribution in [0, 0.1) is 5.41 Å². The number of methoxy groups -OCH3 is 1. The van der Waals surface area contributed by atoms with Crippen molar-refractivity contribution in [1.29, 1.82) is 0 Å². The Morgan fingerprint density at radius 1 is 0.971 bits per heavy atom. The molecule has 4 rings (SSSR count). The Hall–Kier alpha value is -4.13. The number of hydrogen-bond donors (Lipinski definition) is 2. The molecule has 0 bridgehead atoms. The third-order valence-electron chi connectivity index (χ3n) is 6.65. The van der Waals surface area contributed by atoms with Gasteiger partial charge in [0.2, 0.25) is 5.91 Å². The maximum Gasteiger partial charge on any atom is 0.328 e. The van der Waals surface area contributed by atoms with E-state index in [0.717, 1.165) is 27.3 Å². The summed E-state index contributed by atoms with van der Waals surface area (Å²) in [6, 6.07) is 23.6. The summed E-state index contributed by atoms with van der Waals surface area (Å²) < 4.78 is 5.17. The zero-order valence-electron chi connectivity index (χ0n) is 19.7. The molecular weight excluding hydrogens is 444 g/mol. The fraction of sp³-hybridized carbons (Fsp3) is 0.250. The molecule has 1 fully saturated rings. The van der Waals surface area contributed by atoms with Crippen LogP contribution in [0.4, 0.5) is 4.79 Å². The highest BCUT2D eigenvalue weighted by Gasteiger charge is 2.63. The van der Waals surface area contributed by atoms with Crippen molar-refractivity contribution >= 4 is 17.9 Å². The molecule has 1 aliphatic heterocycles. The van der Waals surface area contributed by atoms with Crippen molar-refractivity contribution < 1.29 is 24.2 Å². The minimum Gasteiger partial charge on any atom is -0.497 e. The summed E-state index contributed by atoms with van der Waals surface area (Å²) in [7, 11) is 1.58. The molecule has 0 radical (unpaired) electrons. The van der Waals surface area contributed by atoms with Crippen LogP contribution in [0.3, 0.4) is 0 Å². The second-order valence-electron chi connectivity index (χ2n) is 8.89. The number of hydrogen-bond acceptors (Lipinski definition) is 4. The minimum atomic E-state index is -1.25. The summed E-state index contributed by atoms with van der Waals surface area (Å²) in [5, 5.41) is 12.8. The van der Waals surface area contributed by atoms with Crippen LogP contribution in [0.1, 0.15) is 36.1 Å². The monoisotopic (exact) mass is 472 g/mol. The standard InChI is InChI=1S/C28H28N2O5/c1-28(18-17-19-13-15-22(35-2)16-14-19)24(25(31)32)30(26(28)33)27(34)29-23(20-9-5-3-6-10-20)21-11-7-4-8-12-21/h3-16,23-24H,17-18H2,1-2H3,(H,29,34)(H,31,32). The molecule has 0 saturated carbocycles. The van der Waals surface area contributed by atoms with Crippen molar-refractivity contribution in [2.75, 3.05) is 7.11 Å². The van der Waals surface area contributed by atoms with Gasteiger partial charge in [0, 0.05) is 0 Å². The number of imide groups is 1. The van der Waals surface area contributed by atoms with Crippen LogP contribution in [-0.2, 0) is 16.0 Å². The van der Waals surface area contributed by atoms with Gasteiger partial charge in [0.15, 0.2) is 6.04 Å². The van der Waals surface area contributed by atoms with Gasteiger partial charge >= 0.3 is 12.0 Å². The molecule has 7 heteroatoms. The van der Waals surface area contributed by atoms with E-state index in [2.05, 4.69) is 5.32 Å². The van der Waals surface area contributed by atoms with Gasteiger partial charge < -0.3 is 15.2 Å². The van der Waals surface area contributed by atoms with Gasteiger partial charge in [0.1, 0.15) is 5.75 Å². The molecule has 2 unspecified atom stereocenters. The molecule has 1 heterocycles. The lowest BCUT2D eigenvalue weighted by Crippen LogP contribution is -2.73. The van der Waals surface area contributed by atoms with E-state index < -0.39 is 35.4 Å². The first-order valence-corrected chi connectivity index (χ1v) is 11.4. The maximum absolute atomic E-state index is 13.3. The summed E-state index contributed by atoms with van der Waals surface area (Å²) in [6.45, 7) is 1.62. The number of likely N-dealkylation sites (tertiary alicyclic amines) is 1. The number of amides is 3. The molecule has 0 aromatic heterocycles. The van der Waals surface area contributed by atoms with E-state index in [-0.39, 0.29) is 0 Å². The molecule has 2 atom stereocenters. The van der Waals surface area contributed by atoms with Gasteiger partial charge in [-0.25, -0.2) is 14.5 Å². The highest BCUT2D eigenvalue weighted by atomic mass is 16.5. The van der Waals surface area contributed by atoms with Gasteiger partial charge in [0.25, 0.3) is 0 Å². The number of aliphatic carboxylic acids is 1. The number of carbonyl (C=O) groups excluding carboxylic acids is 2. The molecule has 1 aliphatic rings. The van der Waals surface area contributed by atoms with Gasteiger partial charge in [-0.1, -0.05) is 72.8 Å². The number of carboxylic acid groups (broad SMARTS) is 1. The number of ether oxygens (including phenoxy) is 1. The zero-order chi connectivity index (χ0) is 25.0. The molecule has 35 heavy (non-hydrogen) atoms. The minimum absolute atomic E-state index is 0.305. The van der Waals surface area contributed by atoms with Gasteiger partial charge in [-0.15, -0.1) is 0 Å². The van der Waals surface area contributed by atoms with E-state index in [9.17, 15) is 19.5 Å². The Kier molecular flexibility index (Phi) is 6.87. The average Bonchev–Trinajstić information content (AvgIpc) is 2.89. The molecule has 3 amide bonds. The topological polar surface area (TPSA) is 95.9 Å². The van der Waals surface area contributed by atoms with Crippen molar-refractivity contribution in [2.24, 2.45) is 5.41 Å². The van der Waals surface area contributed by atoms with E-state index >= 15 is 0 Å². The first-order chi connectivity index (χ1) is 16.8. The zero-order valence-corrected chi connectivity index (χ0v) is 19.7. The van der Waals surface area contributed by atoms with Crippen molar-refractivity contribution in [3.05, 3.63) is 102 Å². The lowest BCUT2D eigenvalue weighted by molar-refractivity contribution is -0.177. The lowest BCUT2D eigenvalue weighted by atomic mass is 9.68. The van der Waals surface area contributed by atoms with Gasteiger partial charge in [0.05, 0.1) is 18.6 Å². The SMILES string of the molecule is COc1ccc(CCC2(C)C(=O)N(C(=O)NC(c3ccccc3)c3ccccc3)C2C(=O)O)cc1. The predicted molar refractivity (Wildman–Crippen MR) is 131 cm³/mol. The van der Waals surface area contributed by atoms with E-state index in [1.807, 2.05) is 84.9 Å². The number of nitrogens with zero attached hydrogens (tertiary/aromatic N) is 1. The largest absolute Gasteiger partial charge is 0.497 e. The highest BCUT2D eigenvalue weighted by molar-refractivity contribution is 6.09. The number of benzene rings is 3. The van der Waals surface area contributed by atoms with Gasteiger partial charge in [-0.3, -0.25) is 4.79 Å². The highest BCUT2D eigenvalue weighted by Crippen LogP contribution is 2.43. The van der Waals surface area contributed by atoms with E-state index in [0.29, 0.717) is 12.8 Å². The van der Waals surface area contributed by atoms with E-state index in [4.69, 9.17) is 4.74 Å². The number of nitrogens with one attached hydrogen (secondary N) is 1. The molecule has 180 valence electrons. The Morgan fingerprint density at radius 3 is 2.00 bits per heavy atom. The quantitative estimate of drug-likeness (QED) is 0.473. The number of β-lactam (4-membered cyclic amide) rings is 1. The number of rotatable bonds is 8. The Labute approximate surface area is 204 Å². The fourth-order valence-electron chi connectivity index (χ4n) is 4.60.